The highest BCUT2D eigenvalue weighted by Crippen LogP contribution is 2.32. The summed E-state index contributed by atoms with van der Waals surface area (Å²) in [6.45, 7) is 3.31. The van der Waals surface area contributed by atoms with Crippen molar-refractivity contribution in [2.45, 2.75) is 32.0 Å². The normalized spacial score (nSPS) is 17.9. The van der Waals surface area contributed by atoms with Crippen molar-refractivity contribution < 1.29 is 19.1 Å². The molecule has 3 N–H and O–H groups in total. The standard InChI is InChI=1S/C21H23N3O4.ClH/c1-13(20(25)24-16-6-7-18-19(11-16)28-9-8-27-18)23-21(26)17-10-14-4-2-3-5-15(14)12-22-17;/h2-7,11,13,17,22H,8-10,12H2,1H3,(H,23,26)(H,24,25);1H. The fourth-order valence-electron chi connectivity index (χ4n) is 3.39. The van der Waals surface area contributed by atoms with E-state index in [0.29, 0.717) is 43.4 Å². The third kappa shape index (κ3) is 4.81. The van der Waals surface area contributed by atoms with Crippen molar-refractivity contribution in [1.82, 2.24) is 10.6 Å². The van der Waals surface area contributed by atoms with Crippen molar-refractivity contribution in [3.63, 3.8) is 0 Å². The molecule has 2 unspecified atom stereocenters. The summed E-state index contributed by atoms with van der Waals surface area (Å²) in [5.41, 5.74) is 2.96. The molecular weight excluding hydrogens is 394 g/mol. The number of halogens is 1. The van der Waals surface area contributed by atoms with Gasteiger partial charge in [0, 0.05) is 18.3 Å². The van der Waals surface area contributed by atoms with Crippen LogP contribution in [-0.4, -0.2) is 37.1 Å². The molecule has 7 nitrogen and oxygen atoms in total. The van der Waals surface area contributed by atoms with E-state index in [1.165, 1.54) is 5.56 Å². The predicted octanol–water partition coefficient (Wildman–Crippen LogP) is 2.04. The molecule has 2 aromatic rings. The lowest BCUT2D eigenvalue weighted by molar-refractivity contribution is -0.127. The molecule has 0 bridgehead atoms. The number of anilines is 1. The molecule has 2 heterocycles. The first-order valence-electron chi connectivity index (χ1n) is 9.41. The summed E-state index contributed by atoms with van der Waals surface area (Å²) in [4.78, 5) is 25.1. The summed E-state index contributed by atoms with van der Waals surface area (Å²) < 4.78 is 11.0. The second-order valence-electron chi connectivity index (χ2n) is 6.98. The Kier molecular flexibility index (Phi) is 6.61. The first-order valence-corrected chi connectivity index (χ1v) is 9.41. The van der Waals surface area contributed by atoms with E-state index in [-0.39, 0.29) is 30.3 Å². The van der Waals surface area contributed by atoms with E-state index >= 15 is 0 Å². The molecule has 2 amide bonds. The Balaban J connectivity index is 0.00000240. The summed E-state index contributed by atoms with van der Waals surface area (Å²) in [7, 11) is 0. The minimum atomic E-state index is -0.667. The number of carbonyl (C=O) groups is 2. The molecule has 2 aliphatic rings. The van der Waals surface area contributed by atoms with Gasteiger partial charge in [0.25, 0.3) is 0 Å². The van der Waals surface area contributed by atoms with Crippen LogP contribution >= 0.6 is 12.4 Å². The number of hydrogen-bond donors (Lipinski definition) is 3. The molecule has 0 fully saturated rings. The first-order chi connectivity index (χ1) is 13.6. The fraction of sp³-hybridized carbons (Fsp3) is 0.333. The Morgan fingerprint density at radius 1 is 1.07 bits per heavy atom. The Hall–Kier alpha value is -2.77. The average Bonchev–Trinajstić information content (AvgIpc) is 2.73. The van der Waals surface area contributed by atoms with Crippen LogP contribution in [0.4, 0.5) is 5.69 Å². The van der Waals surface area contributed by atoms with Gasteiger partial charge in [-0.05, 0) is 36.6 Å². The topological polar surface area (TPSA) is 88.7 Å². The van der Waals surface area contributed by atoms with Crippen LogP contribution < -0.4 is 25.4 Å². The maximum absolute atomic E-state index is 12.6. The van der Waals surface area contributed by atoms with Gasteiger partial charge >= 0.3 is 0 Å². The molecule has 29 heavy (non-hydrogen) atoms. The molecule has 2 aromatic carbocycles. The summed E-state index contributed by atoms with van der Waals surface area (Å²) in [6, 6.07) is 12.3. The fourth-order valence-corrected chi connectivity index (χ4v) is 3.39. The van der Waals surface area contributed by atoms with Crippen molar-refractivity contribution in [2.24, 2.45) is 0 Å². The summed E-state index contributed by atoms with van der Waals surface area (Å²) in [5.74, 6) is 0.792. The van der Waals surface area contributed by atoms with Crippen LogP contribution in [0, 0.1) is 0 Å². The largest absolute Gasteiger partial charge is 0.486 e. The van der Waals surface area contributed by atoms with E-state index in [9.17, 15) is 9.59 Å². The van der Waals surface area contributed by atoms with Crippen molar-refractivity contribution in [3.05, 3.63) is 53.6 Å². The van der Waals surface area contributed by atoms with Gasteiger partial charge in [-0.1, -0.05) is 24.3 Å². The third-order valence-electron chi connectivity index (χ3n) is 4.96. The highest BCUT2D eigenvalue weighted by molar-refractivity contribution is 5.97. The lowest BCUT2D eigenvalue weighted by Gasteiger charge is -2.26. The summed E-state index contributed by atoms with van der Waals surface area (Å²) in [5, 5.41) is 8.83. The van der Waals surface area contributed by atoms with Crippen LogP contribution in [0.2, 0.25) is 0 Å². The second kappa shape index (κ2) is 9.15. The van der Waals surface area contributed by atoms with Crippen molar-refractivity contribution in [2.75, 3.05) is 18.5 Å². The highest BCUT2D eigenvalue weighted by Gasteiger charge is 2.26. The molecule has 4 rings (SSSR count). The average molecular weight is 418 g/mol. The van der Waals surface area contributed by atoms with E-state index in [1.807, 2.05) is 18.2 Å². The Bertz CT molecular complexity index is 905. The quantitative estimate of drug-likeness (QED) is 0.708. The number of fused-ring (bicyclic) bond motifs is 2. The minimum absolute atomic E-state index is 0. The second-order valence-corrected chi connectivity index (χ2v) is 6.98. The first kappa shape index (κ1) is 21.0. The zero-order valence-corrected chi connectivity index (χ0v) is 16.9. The molecule has 0 spiro atoms. The van der Waals surface area contributed by atoms with Crippen LogP contribution in [0.3, 0.4) is 0 Å². The van der Waals surface area contributed by atoms with Crippen LogP contribution in [0.5, 0.6) is 11.5 Å². The maximum atomic E-state index is 12.6. The summed E-state index contributed by atoms with van der Waals surface area (Å²) >= 11 is 0. The Morgan fingerprint density at radius 2 is 1.79 bits per heavy atom. The van der Waals surface area contributed by atoms with Crippen molar-refractivity contribution in [1.29, 1.82) is 0 Å². The highest BCUT2D eigenvalue weighted by atomic mass is 35.5. The van der Waals surface area contributed by atoms with Gasteiger partial charge in [-0.25, -0.2) is 0 Å². The Labute approximate surface area is 175 Å². The number of rotatable bonds is 4. The van der Waals surface area contributed by atoms with Crippen LogP contribution in [0.15, 0.2) is 42.5 Å². The van der Waals surface area contributed by atoms with E-state index in [1.54, 1.807) is 25.1 Å². The third-order valence-corrected chi connectivity index (χ3v) is 4.96. The number of benzene rings is 2. The van der Waals surface area contributed by atoms with Gasteiger partial charge in [-0.15, -0.1) is 12.4 Å². The van der Waals surface area contributed by atoms with Gasteiger partial charge in [0.05, 0.1) is 6.04 Å². The molecule has 154 valence electrons. The predicted molar refractivity (Wildman–Crippen MR) is 112 cm³/mol. The zero-order valence-electron chi connectivity index (χ0n) is 16.1. The molecule has 0 saturated carbocycles. The zero-order chi connectivity index (χ0) is 19.5. The van der Waals surface area contributed by atoms with Gasteiger partial charge < -0.3 is 25.4 Å². The number of ether oxygens (including phenoxy) is 2. The molecular formula is C21H24ClN3O4. The maximum Gasteiger partial charge on any atom is 0.246 e. The molecule has 2 aliphatic heterocycles. The summed E-state index contributed by atoms with van der Waals surface area (Å²) in [6.07, 6.45) is 0.610. The molecule has 2 atom stereocenters. The number of carbonyl (C=O) groups excluding carboxylic acids is 2. The van der Waals surface area contributed by atoms with Gasteiger partial charge in [0.1, 0.15) is 19.3 Å². The van der Waals surface area contributed by atoms with Gasteiger partial charge in [-0.2, -0.15) is 0 Å². The lowest BCUT2D eigenvalue weighted by Crippen LogP contribution is -2.52. The number of amides is 2. The van der Waals surface area contributed by atoms with Gasteiger partial charge in [0.15, 0.2) is 11.5 Å². The van der Waals surface area contributed by atoms with Crippen LogP contribution in [0.1, 0.15) is 18.1 Å². The van der Waals surface area contributed by atoms with E-state index in [2.05, 4.69) is 22.0 Å². The monoisotopic (exact) mass is 417 g/mol. The van der Waals surface area contributed by atoms with E-state index in [0.717, 1.165) is 5.56 Å². The number of nitrogens with one attached hydrogen (secondary N) is 3. The van der Waals surface area contributed by atoms with Crippen LogP contribution in [-0.2, 0) is 22.6 Å². The van der Waals surface area contributed by atoms with Crippen molar-refractivity contribution in [3.8, 4) is 11.5 Å². The van der Waals surface area contributed by atoms with Crippen molar-refractivity contribution >= 4 is 29.9 Å². The minimum Gasteiger partial charge on any atom is -0.486 e. The van der Waals surface area contributed by atoms with Gasteiger partial charge in [0.2, 0.25) is 11.8 Å². The van der Waals surface area contributed by atoms with E-state index in [4.69, 9.17) is 9.47 Å². The molecule has 8 heteroatoms. The SMILES string of the molecule is CC(NC(=O)C1Cc2ccccc2CN1)C(=O)Nc1ccc2c(c1)OCCO2.Cl. The molecule has 0 radical (unpaired) electrons. The van der Waals surface area contributed by atoms with Crippen LogP contribution in [0.25, 0.3) is 0 Å². The lowest BCUT2D eigenvalue weighted by atomic mass is 9.95. The molecule has 0 aromatic heterocycles. The smallest absolute Gasteiger partial charge is 0.246 e. The van der Waals surface area contributed by atoms with Gasteiger partial charge in [-0.3, -0.25) is 9.59 Å². The Morgan fingerprint density at radius 3 is 2.59 bits per heavy atom. The number of hydrogen-bond acceptors (Lipinski definition) is 5. The molecule has 0 saturated heterocycles. The molecule has 0 aliphatic carbocycles. The van der Waals surface area contributed by atoms with E-state index < -0.39 is 6.04 Å².